The highest BCUT2D eigenvalue weighted by Crippen LogP contribution is 2.45. The number of carbonyl (C=O) groups is 2. The van der Waals surface area contributed by atoms with Gasteiger partial charge in [-0.2, -0.15) is 0 Å². The fourth-order valence-corrected chi connectivity index (χ4v) is 6.33. The molecule has 2 amide bonds. The summed E-state index contributed by atoms with van der Waals surface area (Å²) < 4.78 is 1.12. The Bertz CT molecular complexity index is 1290. The summed E-state index contributed by atoms with van der Waals surface area (Å²) in [4.78, 5) is 32.9. The van der Waals surface area contributed by atoms with Gasteiger partial charge in [-0.1, -0.05) is 30.3 Å². The predicted molar refractivity (Wildman–Crippen MR) is 127 cm³/mol. The maximum absolute atomic E-state index is 13.1. The minimum atomic E-state index is -0.123. The second-order valence-electron chi connectivity index (χ2n) is 7.65. The minimum absolute atomic E-state index is 0.0751. The molecular weight excluding hydrogens is 426 g/mol. The summed E-state index contributed by atoms with van der Waals surface area (Å²) in [6, 6.07) is 15.7. The van der Waals surface area contributed by atoms with Gasteiger partial charge in [-0.3, -0.25) is 9.59 Å². The number of fused-ring (bicyclic) bond motifs is 2. The number of hydrogen-bond donors (Lipinski definition) is 1. The second-order valence-corrected chi connectivity index (χ2v) is 9.79. The molecule has 1 aliphatic rings. The zero-order valence-electron chi connectivity index (χ0n) is 17.3. The van der Waals surface area contributed by atoms with Crippen LogP contribution in [0, 0.1) is 6.92 Å². The Balaban J connectivity index is 1.60. The van der Waals surface area contributed by atoms with E-state index in [4.69, 9.17) is 4.98 Å². The first-order valence-corrected chi connectivity index (χ1v) is 11.8. The van der Waals surface area contributed by atoms with Crippen molar-refractivity contribution in [1.82, 2.24) is 9.88 Å². The van der Waals surface area contributed by atoms with Gasteiger partial charge in [0.05, 0.1) is 16.8 Å². The van der Waals surface area contributed by atoms with E-state index in [1.807, 2.05) is 54.3 Å². The van der Waals surface area contributed by atoms with Crippen molar-refractivity contribution in [3.63, 3.8) is 0 Å². The number of aromatic nitrogens is 1. The lowest BCUT2D eigenvalue weighted by molar-refractivity contribution is -0.129. The molecule has 7 heteroatoms. The average Bonchev–Trinajstić information content (AvgIpc) is 3.33. The Labute approximate surface area is 188 Å². The van der Waals surface area contributed by atoms with Crippen molar-refractivity contribution in [3.8, 4) is 10.6 Å². The fraction of sp³-hybridized carbons (Fsp3) is 0.208. The molecule has 5 rings (SSSR count). The molecule has 2 aromatic carbocycles. The monoisotopic (exact) mass is 447 g/mol. The first-order chi connectivity index (χ1) is 15.0. The smallest absolute Gasteiger partial charge is 0.256 e. The van der Waals surface area contributed by atoms with E-state index in [1.165, 1.54) is 5.56 Å². The van der Waals surface area contributed by atoms with E-state index >= 15 is 0 Å². The van der Waals surface area contributed by atoms with Crippen LogP contribution in [-0.4, -0.2) is 28.2 Å². The Morgan fingerprint density at radius 3 is 2.61 bits per heavy atom. The summed E-state index contributed by atoms with van der Waals surface area (Å²) in [7, 11) is 0. The molecule has 0 spiro atoms. The topological polar surface area (TPSA) is 62.3 Å². The number of hydrogen-bond acceptors (Lipinski definition) is 5. The van der Waals surface area contributed by atoms with E-state index in [0.29, 0.717) is 18.7 Å². The summed E-state index contributed by atoms with van der Waals surface area (Å²) in [5, 5.41) is 4.87. The van der Waals surface area contributed by atoms with Crippen molar-refractivity contribution in [3.05, 3.63) is 70.1 Å². The highest BCUT2D eigenvalue weighted by atomic mass is 32.1. The lowest BCUT2D eigenvalue weighted by Gasteiger charge is -2.26. The molecule has 0 fully saturated rings. The number of thiophene rings is 1. The third-order valence-corrected chi connectivity index (χ3v) is 7.81. The molecule has 0 aliphatic carbocycles. The van der Waals surface area contributed by atoms with Crippen LogP contribution in [0.4, 0.5) is 5.00 Å². The number of nitrogens with zero attached hydrogens (tertiary/aromatic N) is 2. The van der Waals surface area contributed by atoms with Crippen molar-refractivity contribution in [1.29, 1.82) is 0 Å². The molecule has 5 nitrogen and oxygen atoms in total. The van der Waals surface area contributed by atoms with Crippen molar-refractivity contribution in [2.24, 2.45) is 0 Å². The van der Waals surface area contributed by atoms with Crippen molar-refractivity contribution in [2.75, 3.05) is 11.9 Å². The number of rotatable bonds is 3. The fourth-order valence-electron chi connectivity index (χ4n) is 3.96. The summed E-state index contributed by atoms with van der Waals surface area (Å²) in [6.45, 7) is 4.80. The maximum atomic E-state index is 13.1. The molecule has 156 valence electrons. The van der Waals surface area contributed by atoms with Crippen LogP contribution >= 0.6 is 22.7 Å². The third-order valence-electron chi connectivity index (χ3n) is 5.63. The number of amides is 2. The first kappa shape index (κ1) is 19.9. The Morgan fingerprint density at radius 1 is 1.06 bits per heavy atom. The lowest BCUT2D eigenvalue weighted by atomic mass is 10.0. The van der Waals surface area contributed by atoms with Crippen LogP contribution in [0.15, 0.2) is 48.5 Å². The molecule has 1 aliphatic heterocycles. The van der Waals surface area contributed by atoms with Gasteiger partial charge in [0.25, 0.3) is 5.91 Å². The number of anilines is 1. The highest BCUT2D eigenvalue weighted by molar-refractivity contribution is 7.23. The molecule has 31 heavy (non-hydrogen) atoms. The Kier molecular flexibility index (Phi) is 5.08. The SMILES string of the molecule is CC(=O)N1CCc2c(sc(NC(=O)c3ccccc3C)c2-c2nc3ccccc3s2)C1. The van der Waals surface area contributed by atoms with Gasteiger partial charge in [0.1, 0.15) is 10.0 Å². The Morgan fingerprint density at radius 2 is 1.84 bits per heavy atom. The van der Waals surface area contributed by atoms with Gasteiger partial charge < -0.3 is 10.2 Å². The first-order valence-electron chi connectivity index (χ1n) is 10.1. The summed E-state index contributed by atoms with van der Waals surface area (Å²) in [5.74, 6) is -0.0476. The number of benzene rings is 2. The molecule has 2 aromatic heterocycles. The molecule has 0 bridgehead atoms. The number of nitrogens with one attached hydrogen (secondary N) is 1. The molecule has 1 N–H and O–H groups in total. The van der Waals surface area contributed by atoms with E-state index in [1.54, 1.807) is 29.6 Å². The molecule has 0 saturated heterocycles. The predicted octanol–water partition coefficient (Wildman–Crippen LogP) is 5.49. The van der Waals surface area contributed by atoms with E-state index in [2.05, 4.69) is 11.4 Å². The van der Waals surface area contributed by atoms with E-state index in [-0.39, 0.29) is 11.8 Å². The molecule has 0 unspecified atom stereocenters. The van der Waals surface area contributed by atoms with Crippen LogP contribution in [-0.2, 0) is 17.8 Å². The second kappa shape index (κ2) is 7.90. The average molecular weight is 448 g/mol. The molecular formula is C24H21N3O2S2. The minimum Gasteiger partial charge on any atom is -0.337 e. The van der Waals surface area contributed by atoms with Gasteiger partial charge in [0.2, 0.25) is 5.91 Å². The highest BCUT2D eigenvalue weighted by Gasteiger charge is 2.28. The zero-order valence-corrected chi connectivity index (χ0v) is 18.9. The van der Waals surface area contributed by atoms with Crippen LogP contribution < -0.4 is 5.32 Å². The molecule has 0 atom stereocenters. The van der Waals surface area contributed by atoms with Gasteiger partial charge in [-0.15, -0.1) is 22.7 Å². The Hall–Kier alpha value is -3.03. The lowest BCUT2D eigenvalue weighted by Crippen LogP contribution is -2.33. The van der Waals surface area contributed by atoms with E-state index in [0.717, 1.165) is 42.7 Å². The molecule has 0 saturated carbocycles. The summed E-state index contributed by atoms with van der Waals surface area (Å²) >= 11 is 3.20. The quantitative estimate of drug-likeness (QED) is 0.452. The van der Waals surface area contributed by atoms with Crippen LogP contribution in [0.25, 0.3) is 20.8 Å². The van der Waals surface area contributed by atoms with E-state index < -0.39 is 0 Å². The molecule has 0 radical (unpaired) electrons. The van der Waals surface area contributed by atoms with Gasteiger partial charge in [0.15, 0.2) is 0 Å². The maximum Gasteiger partial charge on any atom is 0.256 e. The van der Waals surface area contributed by atoms with Crippen LogP contribution in [0.3, 0.4) is 0 Å². The number of aryl methyl sites for hydroxylation is 1. The van der Waals surface area contributed by atoms with Crippen molar-refractivity contribution < 1.29 is 9.59 Å². The van der Waals surface area contributed by atoms with Crippen LogP contribution in [0.5, 0.6) is 0 Å². The van der Waals surface area contributed by atoms with Gasteiger partial charge in [0, 0.05) is 29.5 Å². The van der Waals surface area contributed by atoms with Crippen LogP contribution in [0.1, 0.15) is 33.3 Å². The number of para-hydroxylation sites is 1. The van der Waals surface area contributed by atoms with Crippen molar-refractivity contribution >= 4 is 49.7 Å². The summed E-state index contributed by atoms with van der Waals surface area (Å²) in [5.41, 5.74) is 4.76. The number of thiazole rings is 1. The zero-order chi connectivity index (χ0) is 21.5. The van der Waals surface area contributed by atoms with Gasteiger partial charge in [-0.25, -0.2) is 4.98 Å². The normalized spacial score (nSPS) is 13.3. The van der Waals surface area contributed by atoms with Gasteiger partial charge >= 0.3 is 0 Å². The summed E-state index contributed by atoms with van der Waals surface area (Å²) in [6.07, 6.45) is 0.761. The van der Waals surface area contributed by atoms with Gasteiger partial charge in [-0.05, 0) is 42.7 Å². The third kappa shape index (κ3) is 3.64. The van der Waals surface area contributed by atoms with E-state index in [9.17, 15) is 9.59 Å². The largest absolute Gasteiger partial charge is 0.337 e. The standard InChI is InChI=1S/C24H21N3O2S2/c1-14-7-3-4-8-16(14)22(29)26-24-21(23-25-18-9-5-6-10-19(18)30-23)17-11-12-27(15(2)28)13-20(17)31-24/h3-10H,11-13H2,1-2H3,(H,26,29). The molecule has 4 aromatic rings. The number of carbonyl (C=O) groups excluding carboxylic acids is 2. The van der Waals surface area contributed by atoms with Crippen molar-refractivity contribution in [2.45, 2.75) is 26.8 Å². The van der Waals surface area contributed by atoms with Crippen LogP contribution in [0.2, 0.25) is 0 Å². The molecule has 3 heterocycles.